The minimum absolute atomic E-state index is 0.658. The molecule has 75 valence electrons. The normalized spacial score (nSPS) is 10.3. The number of halogens is 2. The van der Waals surface area contributed by atoms with Gasteiger partial charge in [0.1, 0.15) is 0 Å². The van der Waals surface area contributed by atoms with Crippen molar-refractivity contribution in [1.82, 2.24) is 0 Å². The molecule has 0 bridgehead atoms. The Bertz CT molecular complexity index is 472. The molecule has 0 nitrogen and oxygen atoms in total. The number of rotatable bonds is 1. The van der Waals surface area contributed by atoms with Crippen molar-refractivity contribution < 1.29 is 8.78 Å². The Morgan fingerprint density at radius 2 is 1.67 bits per heavy atom. The molecule has 0 spiro atoms. The van der Waals surface area contributed by atoms with Crippen LogP contribution in [0.25, 0.3) is 11.1 Å². The Hall–Kier alpha value is -1.70. The van der Waals surface area contributed by atoms with E-state index in [9.17, 15) is 8.78 Å². The van der Waals surface area contributed by atoms with Gasteiger partial charge in [0.2, 0.25) is 0 Å². The molecule has 0 saturated heterocycles. The fraction of sp³-hybridized carbons (Fsp3) is 0.0769. The minimum atomic E-state index is -0.826. The highest BCUT2D eigenvalue weighted by atomic mass is 19.2. The maximum Gasteiger partial charge on any atom is 0.159 e. The van der Waals surface area contributed by atoms with Crippen molar-refractivity contribution in [3.8, 4) is 11.1 Å². The second-order valence-corrected chi connectivity index (χ2v) is 3.39. The van der Waals surface area contributed by atoms with Crippen LogP contribution in [0.2, 0.25) is 0 Å². The van der Waals surface area contributed by atoms with E-state index in [4.69, 9.17) is 0 Å². The van der Waals surface area contributed by atoms with Crippen LogP contribution in [-0.2, 0) is 0 Å². The molecule has 15 heavy (non-hydrogen) atoms. The predicted molar refractivity (Wildman–Crippen MR) is 55.4 cm³/mol. The number of aryl methyl sites for hydroxylation is 1. The maximum absolute atomic E-state index is 13.0. The van der Waals surface area contributed by atoms with E-state index in [-0.39, 0.29) is 0 Å². The van der Waals surface area contributed by atoms with Crippen LogP contribution in [0.1, 0.15) is 5.56 Å². The Balaban J connectivity index is 2.45. The second-order valence-electron chi connectivity index (χ2n) is 3.39. The summed E-state index contributed by atoms with van der Waals surface area (Å²) in [6, 6.07) is 12.4. The lowest BCUT2D eigenvalue weighted by atomic mass is 10.0. The molecular weight excluding hydrogens is 194 g/mol. The zero-order chi connectivity index (χ0) is 10.8. The summed E-state index contributed by atoms with van der Waals surface area (Å²) >= 11 is 0. The van der Waals surface area contributed by atoms with Crippen LogP contribution >= 0.6 is 0 Å². The van der Waals surface area contributed by atoms with E-state index in [1.165, 1.54) is 6.07 Å². The van der Waals surface area contributed by atoms with Gasteiger partial charge in [-0.2, -0.15) is 0 Å². The quantitative estimate of drug-likeness (QED) is 0.662. The van der Waals surface area contributed by atoms with Crippen LogP contribution in [0.15, 0.2) is 36.4 Å². The maximum atomic E-state index is 13.0. The van der Waals surface area contributed by atoms with Gasteiger partial charge < -0.3 is 0 Å². The van der Waals surface area contributed by atoms with E-state index in [1.807, 2.05) is 19.1 Å². The van der Waals surface area contributed by atoms with Crippen LogP contribution in [0.3, 0.4) is 0 Å². The highest BCUT2D eigenvalue weighted by Gasteiger charge is 2.03. The Labute approximate surface area is 87.2 Å². The molecule has 2 aromatic rings. The van der Waals surface area contributed by atoms with Crippen LogP contribution in [0, 0.1) is 24.6 Å². The lowest BCUT2D eigenvalue weighted by Gasteiger charge is -2.02. The molecule has 0 amide bonds. The van der Waals surface area contributed by atoms with Gasteiger partial charge in [-0.1, -0.05) is 18.2 Å². The average molecular weight is 203 g/mol. The topological polar surface area (TPSA) is 0 Å². The Morgan fingerprint density at radius 1 is 0.933 bits per heavy atom. The third-order valence-corrected chi connectivity index (χ3v) is 2.22. The molecule has 1 radical (unpaired) electrons. The molecule has 0 aliphatic heterocycles. The van der Waals surface area contributed by atoms with Crippen LogP contribution in [0.4, 0.5) is 8.78 Å². The second kappa shape index (κ2) is 3.81. The molecule has 2 aromatic carbocycles. The van der Waals surface area contributed by atoms with Crippen LogP contribution < -0.4 is 0 Å². The molecule has 0 N–H and O–H groups in total. The first-order chi connectivity index (χ1) is 7.16. The van der Waals surface area contributed by atoms with Crippen molar-refractivity contribution in [1.29, 1.82) is 0 Å². The highest BCUT2D eigenvalue weighted by Crippen LogP contribution is 2.21. The number of hydrogen-bond acceptors (Lipinski definition) is 0. The van der Waals surface area contributed by atoms with Gasteiger partial charge in [0.15, 0.2) is 11.6 Å². The Morgan fingerprint density at radius 3 is 2.27 bits per heavy atom. The predicted octanol–water partition coefficient (Wildman–Crippen LogP) is 3.74. The summed E-state index contributed by atoms with van der Waals surface area (Å²) in [5, 5.41) is 0. The molecule has 0 aliphatic rings. The van der Waals surface area contributed by atoms with E-state index in [0.717, 1.165) is 17.2 Å². The first kappa shape index (κ1) is 9.84. The van der Waals surface area contributed by atoms with Gasteiger partial charge in [0.05, 0.1) is 0 Å². The third kappa shape index (κ3) is 2.04. The molecule has 0 heterocycles. The lowest BCUT2D eigenvalue weighted by Crippen LogP contribution is -1.85. The summed E-state index contributed by atoms with van der Waals surface area (Å²) in [4.78, 5) is 0. The standard InChI is InChI=1S/C13H9F2/c1-9-2-4-10(5-3-9)11-6-7-12(14)13(15)8-11/h2,4-8H,1H3. The molecule has 0 fully saturated rings. The Kier molecular flexibility index (Phi) is 2.50. The van der Waals surface area contributed by atoms with Crippen molar-refractivity contribution in [2.75, 3.05) is 0 Å². The van der Waals surface area contributed by atoms with E-state index in [2.05, 4.69) is 6.07 Å². The summed E-state index contributed by atoms with van der Waals surface area (Å²) < 4.78 is 25.7. The zero-order valence-corrected chi connectivity index (χ0v) is 8.22. The lowest BCUT2D eigenvalue weighted by molar-refractivity contribution is 0.509. The largest absolute Gasteiger partial charge is 0.204 e. The first-order valence-corrected chi connectivity index (χ1v) is 4.60. The smallest absolute Gasteiger partial charge is 0.159 e. The summed E-state index contributed by atoms with van der Waals surface area (Å²) in [6.07, 6.45) is 0. The van der Waals surface area contributed by atoms with E-state index in [0.29, 0.717) is 5.56 Å². The first-order valence-electron chi connectivity index (χ1n) is 4.60. The van der Waals surface area contributed by atoms with Crippen molar-refractivity contribution >= 4 is 0 Å². The van der Waals surface area contributed by atoms with Gasteiger partial charge in [-0.05, 0) is 47.9 Å². The summed E-state index contributed by atoms with van der Waals surface area (Å²) in [5.74, 6) is -1.65. The SMILES string of the molecule is Cc1[c]cc(-c2ccc(F)c(F)c2)cc1. The van der Waals surface area contributed by atoms with Crippen molar-refractivity contribution in [3.05, 3.63) is 59.7 Å². The fourth-order valence-corrected chi connectivity index (χ4v) is 1.36. The average Bonchev–Trinajstić information content (AvgIpc) is 2.23. The van der Waals surface area contributed by atoms with Gasteiger partial charge >= 0.3 is 0 Å². The van der Waals surface area contributed by atoms with E-state index in [1.54, 1.807) is 12.1 Å². The molecule has 2 rings (SSSR count). The van der Waals surface area contributed by atoms with Crippen LogP contribution in [-0.4, -0.2) is 0 Å². The molecule has 0 atom stereocenters. The van der Waals surface area contributed by atoms with Gasteiger partial charge in [-0.25, -0.2) is 8.78 Å². The van der Waals surface area contributed by atoms with Gasteiger partial charge in [-0.15, -0.1) is 0 Å². The van der Waals surface area contributed by atoms with Crippen molar-refractivity contribution in [2.45, 2.75) is 6.92 Å². The summed E-state index contributed by atoms with van der Waals surface area (Å²) in [5.41, 5.74) is 2.51. The fourth-order valence-electron chi connectivity index (χ4n) is 1.36. The zero-order valence-electron chi connectivity index (χ0n) is 8.22. The van der Waals surface area contributed by atoms with Gasteiger partial charge in [0.25, 0.3) is 0 Å². The van der Waals surface area contributed by atoms with Crippen molar-refractivity contribution in [2.24, 2.45) is 0 Å². The number of hydrogen-bond donors (Lipinski definition) is 0. The molecular formula is C13H9F2. The molecule has 0 unspecified atom stereocenters. The summed E-state index contributed by atoms with van der Waals surface area (Å²) in [6.45, 7) is 1.93. The minimum Gasteiger partial charge on any atom is -0.204 e. The molecule has 0 saturated carbocycles. The third-order valence-electron chi connectivity index (χ3n) is 2.22. The van der Waals surface area contributed by atoms with E-state index >= 15 is 0 Å². The highest BCUT2D eigenvalue weighted by molar-refractivity contribution is 5.63. The molecule has 0 aromatic heterocycles. The van der Waals surface area contributed by atoms with Gasteiger partial charge in [-0.3, -0.25) is 0 Å². The molecule has 2 heteroatoms. The molecule has 0 aliphatic carbocycles. The summed E-state index contributed by atoms with van der Waals surface area (Å²) in [7, 11) is 0. The van der Waals surface area contributed by atoms with E-state index < -0.39 is 11.6 Å². The van der Waals surface area contributed by atoms with Crippen molar-refractivity contribution in [3.63, 3.8) is 0 Å². The monoisotopic (exact) mass is 203 g/mol. The number of benzene rings is 2. The van der Waals surface area contributed by atoms with Gasteiger partial charge in [0, 0.05) is 0 Å². The van der Waals surface area contributed by atoms with Crippen LogP contribution in [0.5, 0.6) is 0 Å².